The lowest BCUT2D eigenvalue weighted by atomic mass is 10.0. The zero-order valence-electron chi connectivity index (χ0n) is 9.00. The highest BCUT2D eigenvalue weighted by molar-refractivity contribution is 4.74. The van der Waals surface area contributed by atoms with Crippen molar-refractivity contribution in [1.82, 2.24) is 10.2 Å². The van der Waals surface area contributed by atoms with Crippen LogP contribution in [0.2, 0.25) is 0 Å². The Labute approximate surface area is 86.8 Å². The van der Waals surface area contributed by atoms with Crippen LogP contribution < -0.4 is 5.32 Å². The van der Waals surface area contributed by atoms with Gasteiger partial charge in [-0.3, -0.25) is 4.90 Å². The van der Waals surface area contributed by atoms with Crippen molar-refractivity contribution in [3.8, 4) is 0 Å². The van der Waals surface area contributed by atoms with E-state index in [1.807, 2.05) is 0 Å². The van der Waals surface area contributed by atoms with E-state index in [0.717, 1.165) is 32.3 Å². The van der Waals surface area contributed by atoms with Gasteiger partial charge in [-0.2, -0.15) is 0 Å². The molecule has 3 heteroatoms. The second kappa shape index (κ2) is 5.69. The quantitative estimate of drug-likeness (QED) is 0.727. The molecule has 1 atom stereocenters. The molecule has 2 fully saturated rings. The molecule has 0 radical (unpaired) electrons. The van der Waals surface area contributed by atoms with Crippen LogP contribution in [0.4, 0.5) is 0 Å². The molecule has 0 unspecified atom stereocenters. The van der Waals surface area contributed by atoms with Crippen LogP contribution in [0.5, 0.6) is 0 Å². The average molecular weight is 198 g/mol. The van der Waals surface area contributed by atoms with Gasteiger partial charge in [-0.15, -0.1) is 0 Å². The third-order valence-electron chi connectivity index (χ3n) is 3.31. The van der Waals surface area contributed by atoms with Gasteiger partial charge in [0.15, 0.2) is 0 Å². The van der Waals surface area contributed by atoms with E-state index < -0.39 is 0 Å². The molecule has 82 valence electrons. The molecule has 2 rings (SSSR count). The number of hydrogen-bond acceptors (Lipinski definition) is 3. The van der Waals surface area contributed by atoms with Crippen molar-refractivity contribution in [1.29, 1.82) is 0 Å². The summed E-state index contributed by atoms with van der Waals surface area (Å²) in [5, 5.41) is 3.60. The predicted octanol–water partition coefficient (Wildman–Crippen LogP) is 0.851. The Morgan fingerprint density at radius 1 is 1.21 bits per heavy atom. The lowest BCUT2D eigenvalue weighted by Gasteiger charge is -2.30. The standard InChI is InChI=1S/C11H22N2O/c1-2-5-12-11(3-1)4-6-13-7-9-14-10-8-13/h11-12H,1-10H2/t11-/m1/s1. The molecule has 0 aliphatic carbocycles. The first-order valence-corrected chi connectivity index (χ1v) is 5.98. The van der Waals surface area contributed by atoms with Crippen LogP contribution in [0, 0.1) is 0 Å². The Morgan fingerprint density at radius 3 is 2.79 bits per heavy atom. The van der Waals surface area contributed by atoms with Gasteiger partial charge >= 0.3 is 0 Å². The van der Waals surface area contributed by atoms with Gasteiger partial charge in [0.2, 0.25) is 0 Å². The molecular weight excluding hydrogens is 176 g/mol. The maximum Gasteiger partial charge on any atom is 0.0594 e. The van der Waals surface area contributed by atoms with Crippen molar-refractivity contribution >= 4 is 0 Å². The topological polar surface area (TPSA) is 24.5 Å². The maximum atomic E-state index is 5.33. The highest BCUT2D eigenvalue weighted by Gasteiger charge is 2.15. The molecule has 2 aliphatic rings. The molecule has 0 saturated carbocycles. The fourth-order valence-electron chi connectivity index (χ4n) is 2.33. The van der Waals surface area contributed by atoms with E-state index in [9.17, 15) is 0 Å². The van der Waals surface area contributed by atoms with E-state index in [0.29, 0.717) is 0 Å². The van der Waals surface area contributed by atoms with E-state index in [1.54, 1.807) is 0 Å². The predicted molar refractivity (Wildman–Crippen MR) is 57.5 cm³/mol. The molecule has 0 spiro atoms. The van der Waals surface area contributed by atoms with Crippen molar-refractivity contribution in [3.63, 3.8) is 0 Å². The molecular formula is C11H22N2O. The van der Waals surface area contributed by atoms with Crippen LogP contribution in [0.3, 0.4) is 0 Å². The van der Waals surface area contributed by atoms with Gasteiger partial charge in [0.1, 0.15) is 0 Å². The fraction of sp³-hybridized carbons (Fsp3) is 1.00. The Balaban J connectivity index is 1.60. The normalized spacial score (nSPS) is 30.4. The second-order valence-corrected chi connectivity index (χ2v) is 4.39. The summed E-state index contributed by atoms with van der Waals surface area (Å²) >= 11 is 0. The number of ether oxygens (including phenoxy) is 1. The molecule has 3 nitrogen and oxygen atoms in total. The van der Waals surface area contributed by atoms with Gasteiger partial charge in [0, 0.05) is 19.1 Å². The maximum absolute atomic E-state index is 5.33. The van der Waals surface area contributed by atoms with E-state index >= 15 is 0 Å². The van der Waals surface area contributed by atoms with Crippen LogP contribution in [0.1, 0.15) is 25.7 Å². The minimum atomic E-state index is 0.784. The Kier molecular flexibility index (Phi) is 4.22. The van der Waals surface area contributed by atoms with Gasteiger partial charge in [-0.05, 0) is 32.4 Å². The first-order valence-electron chi connectivity index (χ1n) is 5.98. The second-order valence-electron chi connectivity index (χ2n) is 4.39. The third-order valence-corrected chi connectivity index (χ3v) is 3.31. The van der Waals surface area contributed by atoms with E-state index in [2.05, 4.69) is 10.2 Å². The Hall–Kier alpha value is -0.120. The summed E-state index contributed by atoms with van der Waals surface area (Å²) in [5.74, 6) is 0. The van der Waals surface area contributed by atoms with E-state index in [1.165, 1.54) is 38.8 Å². The Bertz CT molecular complexity index is 133. The zero-order valence-corrected chi connectivity index (χ0v) is 9.00. The highest BCUT2D eigenvalue weighted by atomic mass is 16.5. The number of hydrogen-bond donors (Lipinski definition) is 1. The summed E-state index contributed by atoms with van der Waals surface area (Å²) < 4.78 is 5.33. The molecule has 0 bridgehead atoms. The van der Waals surface area contributed by atoms with E-state index in [-0.39, 0.29) is 0 Å². The SMILES string of the molecule is C1CC[C@H](CCN2CCOCC2)NC1. The van der Waals surface area contributed by atoms with Gasteiger partial charge in [0.25, 0.3) is 0 Å². The Morgan fingerprint density at radius 2 is 2.07 bits per heavy atom. The first kappa shape index (κ1) is 10.4. The summed E-state index contributed by atoms with van der Waals surface area (Å²) in [6.45, 7) is 6.60. The molecule has 2 saturated heterocycles. The molecule has 0 aromatic rings. The third kappa shape index (κ3) is 3.23. The largest absolute Gasteiger partial charge is 0.379 e. The smallest absolute Gasteiger partial charge is 0.0594 e. The number of nitrogens with one attached hydrogen (secondary N) is 1. The number of nitrogens with zero attached hydrogens (tertiary/aromatic N) is 1. The molecule has 0 amide bonds. The summed E-state index contributed by atoms with van der Waals surface area (Å²) in [4.78, 5) is 2.53. The number of rotatable bonds is 3. The number of piperidine rings is 1. The van der Waals surface area contributed by atoms with Crippen molar-refractivity contribution < 1.29 is 4.74 Å². The first-order chi connectivity index (χ1) is 6.95. The molecule has 2 heterocycles. The molecule has 14 heavy (non-hydrogen) atoms. The van der Waals surface area contributed by atoms with Crippen molar-refractivity contribution in [3.05, 3.63) is 0 Å². The minimum absolute atomic E-state index is 0.784. The molecule has 1 N–H and O–H groups in total. The minimum Gasteiger partial charge on any atom is -0.379 e. The van der Waals surface area contributed by atoms with Crippen LogP contribution in [0.15, 0.2) is 0 Å². The van der Waals surface area contributed by atoms with Crippen LogP contribution in [-0.4, -0.2) is 50.3 Å². The van der Waals surface area contributed by atoms with Gasteiger partial charge in [-0.25, -0.2) is 0 Å². The van der Waals surface area contributed by atoms with Crippen LogP contribution >= 0.6 is 0 Å². The van der Waals surface area contributed by atoms with Crippen LogP contribution in [-0.2, 0) is 4.74 Å². The summed E-state index contributed by atoms with van der Waals surface area (Å²) in [6, 6.07) is 0.784. The summed E-state index contributed by atoms with van der Waals surface area (Å²) in [7, 11) is 0. The summed E-state index contributed by atoms with van der Waals surface area (Å²) in [6.07, 6.45) is 5.49. The highest BCUT2D eigenvalue weighted by Crippen LogP contribution is 2.11. The lowest BCUT2D eigenvalue weighted by molar-refractivity contribution is 0.0358. The van der Waals surface area contributed by atoms with E-state index in [4.69, 9.17) is 4.74 Å². The molecule has 2 aliphatic heterocycles. The summed E-state index contributed by atoms with van der Waals surface area (Å²) in [5.41, 5.74) is 0. The van der Waals surface area contributed by atoms with Crippen molar-refractivity contribution in [2.45, 2.75) is 31.7 Å². The number of morpholine rings is 1. The van der Waals surface area contributed by atoms with Gasteiger partial charge in [-0.1, -0.05) is 6.42 Å². The average Bonchev–Trinajstić information content (AvgIpc) is 2.29. The monoisotopic (exact) mass is 198 g/mol. The van der Waals surface area contributed by atoms with Gasteiger partial charge in [0.05, 0.1) is 13.2 Å². The van der Waals surface area contributed by atoms with Gasteiger partial charge < -0.3 is 10.1 Å². The fourth-order valence-corrected chi connectivity index (χ4v) is 2.33. The lowest BCUT2D eigenvalue weighted by Crippen LogP contribution is -2.41. The van der Waals surface area contributed by atoms with Crippen LogP contribution in [0.25, 0.3) is 0 Å². The van der Waals surface area contributed by atoms with Crippen molar-refractivity contribution in [2.75, 3.05) is 39.4 Å². The molecule has 0 aromatic carbocycles. The van der Waals surface area contributed by atoms with Crippen molar-refractivity contribution in [2.24, 2.45) is 0 Å². The molecule has 0 aromatic heterocycles. The zero-order chi connectivity index (χ0) is 9.64.